The average molecular weight is 491 g/mol. The summed E-state index contributed by atoms with van der Waals surface area (Å²) in [5.74, 6) is 1.82. The zero-order valence-corrected chi connectivity index (χ0v) is 19.3. The minimum Gasteiger partial charge on any atom is -0.355 e. The van der Waals surface area contributed by atoms with Crippen molar-refractivity contribution in [3.8, 4) is 0 Å². The van der Waals surface area contributed by atoms with Gasteiger partial charge >= 0.3 is 0 Å². The van der Waals surface area contributed by atoms with Crippen LogP contribution in [0.15, 0.2) is 11.2 Å². The smallest absolute Gasteiger partial charge is 0.191 e. The van der Waals surface area contributed by atoms with Gasteiger partial charge in [-0.2, -0.15) is 0 Å². The molecule has 2 fully saturated rings. The second-order valence-corrected chi connectivity index (χ2v) is 8.79. The van der Waals surface area contributed by atoms with Gasteiger partial charge in [-0.05, 0) is 45.1 Å². The molecule has 0 spiro atoms. The van der Waals surface area contributed by atoms with E-state index in [0.29, 0.717) is 6.04 Å². The number of nitrogens with one attached hydrogen (secondary N) is 2. The van der Waals surface area contributed by atoms with E-state index >= 15 is 0 Å². The third kappa shape index (κ3) is 6.64. The lowest BCUT2D eigenvalue weighted by atomic mass is 9.89. The zero-order valence-electron chi connectivity index (χ0n) is 16.2. The molecule has 7 heteroatoms. The lowest BCUT2D eigenvalue weighted by Gasteiger charge is -2.31. The first-order chi connectivity index (χ1) is 12.2. The number of aryl methyl sites for hydroxylation is 1. The molecular formula is C19H34IN5S. The summed E-state index contributed by atoms with van der Waals surface area (Å²) in [6.07, 6.45) is 11.8. The number of hydrogen-bond acceptors (Lipinski definition) is 4. The SMILES string of the molecule is CN=C(NCc1ncc(C)s1)NCC1CCCN1CC1CCCCC1.I. The molecule has 2 heterocycles. The number of thiazole rings is 1. The quantitative estimate of drug-likeness (QED) is 0.362. The maximum Gasteiger partial charge on any atom is 0.191 e. The van der Waals surface area contributed by atoms with Crippen molar-refractivity contribution in [1.82, 2.24) is 20.5 Å². The molecule has 1 aliphatic heterocycles. The van der Waals surface area contributed by atoms with Crippen molar-refractivity contribution in [2.75, 3.05) is 26.7 Å². The number of halogens is 1. The normalized spacial score (nSPS) is 22.2. The van der Waals surface area contributed by atoms with Crippen molar-refractivity contribution < 1.29 is 0 Å². The highest BCUT2D eigenvalue weighted by molar-refractivity contribution is 14.0. The summed E-state index contributed by atoms with van der Waals surface area (Å²) >= 11 is 1.74. The Morgan fingerprint density at radius 1 is 1.23 bits per heavy atom. The van der Waals surface area contributed by atoms with Crippen LogP contribution in [0.4, 0.5) is 0 Å². The van der Waals surface area contributed by atoms with Crippen molar-refractivity contribution in [3.05, 3.63) is 16.1 Å². The van der Waals surface area contributed by atoms with Gasteiger partial charge in [-0.15, -0.1) is 35.3 Å². The Hall–Kier alpha value is -0.410. The maximum atomic E-state index is 4.40. The van der Waals surface area contributed by atoms with Gasteiger partial charge in [-0.1, -0.05) is 19.3 Å². The van der Waals surface area contributed by atoms with Gasteiger partial charge in [0.1, 0.15) is 5.01 Å². The van der Waals surface area contributed by atoms with Crippen LogP contribution in [0.1, 0.15) is 54.8 Å². The highest BCUT2D eigenvalue weighted by Crippen LogP contribution is 2.27. The summed E-state index contributed by atoms with van der Waals surface area (Å²) < 4.78 is 0. The van der Waals surface area contributed by atoms with Crippen LogP contribution in [-0.2, 0) is 6.54 Å². The van der Waals surface area contributed by atoms with E-state index in [0.717, 1.165) is 30.0 Å². The first-order valence-electron chi connectivity index (χ1n) is 9.84. The molecular weight excluding hydrogens is 457 g/mol. The van der Waals surface area contributed by atoms with E-state index in [-0.39, 0.29) is 24.0 Å². The van der Waals surface area contributed by atoms with Crippen molar-refractivity contribution in [1.29, 1.82) is 0 Å². The van der Waals surface area contributed by atoms with Gasteiger partial charge < -0.3 is 10.6 Å². The highest BCUT2D eigenvalue weighted by atomic mass is 127. The van der Waals surface area contributed by atoms with Gasteiger partial charge in [-0.25, -0.2) is 4.98 Å². The predicted molar refractivity (Wildman–Crippen MR) is 122 cm³/mol. The Labute approximate surface area is 179 Å². The van der Waals surface area contributed by atoms with Crippen molar-refractivity contribution in [3.63, 3.8) is 0 Å². The van der Waals surface area contributed by atoms with Crippen LogP contribution in [0.25, 0.3) is 0 Å². The molecule has 1 atom stereocenters. The largest absolute Gasteiger partial charge is 0.355 e. The predicted octanol–water partition coefficient (Wildman–Crippen LogP) is 3.78. The van der Waals surface area contributed by atoms with Crippen LogP contribution in [0.5, 0.6) is 0 Å². The topological polar surface area (TPSA) is 52.6 Å². The zero-order chi connectivity index (χ0) is 17.5. The Morgan fingerprint density at radius 2 is 2.04 bits per heavy atom. The monoisotopic (exact) mass is 491 g/mol. The standard InChI is InChI=1S/C19H33N5S.HI/c1-15-11-21-18(25-15)13-23-19(20-2)22-12-17-9-6-10-24(17)14-16-7-4-3-5-8-16;/h11,16-17H,3-10,12-14H2,1-2H3,(H2,20,22,23);1H. The van der Waals surface area contributed by atoms with E-state index in [4.69, 9.17) is 0 Å². The van der Waals surface area contributed by atoms with Gasteiger partial charge in [0, 0.05) is 37.3 Å². The molecule has 0 bridgehead atoms. The molecule has 1 unspecified atom stereocenters. The number of aromatic nitrogens is 1. The molecule has 1 aromatic heterocycles. The van der Waals surface area contributed by atoms with Gasteiger partial charge in [0.2, 0.25) is 0 Å². The maximum absolute atomic E-state index is 4.40. The molecule has 1 saturated carbocycles. The summed E-state index contributed by atoms with van der Waals surface area (Å²) in [7, 11) is 1.84. The fourth-order valence-electron chi connectivity index (χ4n) is 4.15. The van der Waals surface area contributed by atoms with E-state index in [1.807, 2.05) is 13.2 Å². The van der Waals surface area contributed by atoms with Crippen LogP contribution in [0.2, 0.25) is 0 Å². The van der Waals surface area contributed by atoms with Crippen molar-refractivity contribution >= 4 is 41.3 Å². The summed E-state index contributed by atoms with van der Waals surface area (Å²) in [6.45, 7) is 6.40. The molecule has 26 heavy (non-hydrogen) atoms. The first kappa shape index (κ1) is 21.9. The molecule has 1 aliphatic carbocycles. The van der Waals surface area contributed by atoms with Crippen LogP contribution in [-0.4, -0.2) is 48.6 Å². The van der Waals surface area contributed by atoms with Crippen LogP contribution in [0.3, 0.4) is 0 Å². The molecule has 0 radical (unpaired) electrons. The summed E-state index contributed by atoms with van der Waals surface area (Å²) in [6, 6.07) is 0.655. The van der Waals surface area contributed by atoms with Crippen LogP contribution < -0.4 is 10.6 Å². The molecule has 0 amide bonds. The number of likely N-dealkylation sites (tertiary alicyclic amines) is 1. The number of rotatable bonds is 6. The fraction of sp³-hybridized carbons (Fsp3) is 0.789. The van der Waals surface area contributed by atoms with E-state index in [1.54, 1.807) is 11.3 Å². The van der Waals surface area contributed by atoms with Crippen molar-refractivity contribution in [2.45, 2.75) is 64.5 Å². The fourth-order valence-corrected chi connectivity index (χ4v) is 4.87. The van der Waals surface area contributed by atoms with Gasteiger partial charge in [0.15, 0.2) is 5.96 Å². The molecule has 1 aromatic rings. The van der Waals surface area contributed by atoms with Crippen LogP contribution >= 0.6 is 35.3 Å². The average Bonchev–Trinajstić information content (AvgIpc) is 3.25. The Morgan fingerprint density at radius 3 is 2.73 bits per heavy atom. The van der Waals surface area contributed by atoms with E-state index < -0.39 is 0 Å². The molecule has 2 aliphatic rings. The van der Waals surface area contributed by atoms with Crippen molar-refractivity contribution in [2.24, 2.45) is 10.9 Å². The second-order valence-electron chi connectivity index (χ2n) is 7.47. The third-order valence-corrected chi connectivity index (χ3v) is 6.43. The number of nitrogens with zero attached hydrogens (tertiary/aromatic N) is 3. The van der Waals surface area contributed by atoms with E-state index in [9.17, 15) is 0 Å². The Kier molecular flexibility index (Phi) is 9.63. The molecule has 148 valence electrons. The minimum atomic E-state index is 0. The molecule has 2 N–H and O–H groups in total. The van der Waals surface area contributed by atoms with Gasteiger partial charge in [0.05, 0.1) is 6.54 Å². The molecule has 5 nitrogen and oxygen atoms in total. The Bertz CT molecular complexity index is 556. The number of guanidine groups is 1. The second kappa shape index (κ2) is 11.4. The highest BCUT2D eigenvalue weighted by Gasteiger charge is 2.27. The van der Waals surface area contributed by atoms with Crippen LogP contribution in [0, 0.1) is 12.8 Å². The van der Waals surface area contributed by atoms with E-state index in [1.165, 1.54) is 62.9 Å². The number of aliphatic imine (C=N–C) groups is 1. The first-order valence-corrected chi connectivity index (χ1v) is 10.7. The molecule has 0 aromatic carbocycles. The minimum absolute atomic E-state index is 0. The lowest BCUT2D eigenvalue weighted by molar-refractivity contribution is 0.188. The summed E-state index contributed by atoms with van der Waals surface area (Å²) in [5.41, 5.74) is 0. The number of hydrogen-bond donors (Lipinski definition) is 2. The summed E-state index contributed by atoms with van der Waals surface area (Å²) in [5, 5.41) is 8.03. The van der Waals surface area contributed by atoms with Gasteiger partial charge in [-0.3, -0.25) is 9.89 Å². The molecule has 1 saturated heterocycles. The van der Waals surface area contributed by atoms with E-state index in [2.05, 4.69) is 32.4 Å². The van der Waals surface area contributed by atoms with Gasteiger partial charge in [0.25, 0.3) is 0 Å². The molecule has 3 rings (SSSR count). The third-order valence-electron chi connectivity index (χ3n) is 5.52. The Balaban J connectivity index is 0.00000243. The lowest BCUT2D eigenvalue weighted by Crippen LogP contribution is -2.45. The summed E-state index contributed by atoms with van der Waals surface area (Å²) in [4.78, 5) is 12.7.